The Balaban J connectivity index is 1.40. The maximum atomic E-state index is 12.7. The van der Waals surface area contributed by atoms with Gasteiger partial charge in [0.15, 0.2) is 11.0 Å². The Bertz CT molecular complexity index is 1450. The van der Waals surface area contributed by atoms with Crippen molar-refractivity contribution in [2.75, 3.05) is 19.5 Å². The molecule has 0 aliphatic carbocycles. The Morgan fingerprint density at radius 2 is 1.95 bits per heavy atom. The van der Waals surface area contributed by atoms with E-state index in [-0.39, 0.29) is 5.91 Å². The van der Waals surface area contributed by atoms with Crippen molar-refractivity contribution >= 4 is 40.3 Å². The Morgan fingerprint density at radius 3 is 2.74 bits per heavy atom. The molecular formula is C28H30N6O3S. The van der Waals surface area contributed by atoms with Crippen LogP contribution in [0.2, 0.25) is 0 Å². The third-order valence-electron chi connectivity index (χ3n) is 5.80. The number of carbonyl (C=O) groups excluding carboxylic acids is 1. The Labute approximate surface area is 225 Å². The molecule has 0 saturated heterocycles. The molecule has 0 unspecified atom stereocenters. The zero-order chi connectivity index (χ0) is 26.9. The molecule has 2 N–H and O–H groups in total. The predicted molar refractivity (Wildman–Crippen MR) is 152 cm³/mol. The van der Waals surface area contributed by atoms with Crippen LogP contribution in [0.15, 0.2) is 83.6 Å². The first-order valence-corrected chi connectivity index (χ1v) is 12.9. The highest BCUT2D eigenvalue weighted by molar-refractivity contribution is 8.00. The maximum absolute atomic E-state index is 12.7. The van der Waals surface area contributed by atoms with Crippen LogP contribution >= 0.6 is 11.8 Å². The van der Waals surface area contributed by atoms with Crippen LogP contribution in [0.3, 0.4) is 0 Å². The number of anilines is 1. The van der Waals surface area contributed by atoms with E-state index in [1.54, 1.807) is 45.4 Å². The number of hydrazone groups is 1. The van der Waals surface area contributed by atoms with E-state index in [0.717, 1.165) is 22.3 Å². The Hall–Kier alpha value is -4.31. The first kappa shape index (κ1) is 26.7. The number of allylic oxidation sites excluding steroid dienone is 1. The fraction of sp³-hybridized carbons (Fsp3) is 0.214. The third kappa shape index (κ3) is 6.33. The average Bonchev–Trinajstić information content (AvgIpc) is 3.32. The molecule has 3 aromatic carbocycles. The van der Waals surface area contributed by atoms with Crippen molar-refractivity contribution in [1.82, 2.24) is 20.2 Å². The minimum absolute atomic E-state index is 0.262. The quantitative estimate of drug-likeness (QED) is 0.117. The van der Waals surface area contributed by atoms with Crippen molar-refractivity contribution in [2.45, 2.75) is 30.4 Å². The molecule has 4 rings (SSSR count). The van der Waals surface area contributed by atoms with Gasteiger partial charge in [0.25, 0.3) is 5.91 Å². The number of benzene rings is 3. The van der Waals surface area contributed by atoms with E-state index in [2.05, 4.69) is 50.8 Å². The number of hydrogen-bond donors (Lipinski definition) is 2. The lowest BCUT2D eigenvalue weighted by Gasteiger charge is -2.13. The summed E-state index contributed by atoms with van der Waals surface area (Å²) in [6, 6.07) is 19.7. The van der Waals surface area contributed by atoms with Gasteiger partial charge in [-0.25, -0.2) is 5.43 Å². The molecule has 0 fully saturated rings. The minimum atomic E-state index is -0.462. The molecule has 0 saturated carbocycles. The van der Waals surface area contributed by atoms with Gasteiger partial charge in [0.2, 0.25) is 0 Å². The summed E-state index contributed by atoms with van der Waals surface area (Å²) in [7, 11) is 3.15. The van der Waals surface area contributed by atoms with E-state index in [9.17, 15) is 4.79 Å². The van der Waals surface area contributed by atoms with Crippen molar-refractivity contribution in [1.29, 1.82) is 0 Å². The summed E-state index contributed by atoms with van der Waals surface area (Å²) in [6.45, 7) is 6.65. The summed E-state index contributed by atoms with van der Waals surface area (Å²) in [4.78, 5) is 12.7. The number of aromatic nitrogens is 3. The largest absolute Gasteiger partial charge is 0.497 e. The number of ether oxygens (including phenoxy) is 2. The summed E-state index contributed by atoms with van der Waals surface area (Å²) in [5.41, 5.74) is 4.32. The Morgan fingerprint density at radius 1 is 1.13 bits per heavy atom. The molecule has 0 aliphatic heterocycles. The third-order valence-corrected chi connectivity index (χ3v) is 6.88. The molecule has 1 heterocycles. The van der Waals surface area contributed by atoms with Crippen molar-refractivity contribution < 1.29 is 14.3 Å². The summed E-state index contributed by atoms with van der Waals surface area (Å²) >= 11 is 1.31. The van der Waals surface area contributed by atoms with Gasteiger partial charge in [-0.3, -0.25) is 4.79 Å². The first-order chi connectivity index (χ1) is 18.5. The van der Waals surface area contributed by atoms with Gasteiger partial charge in [0.1, 0.15) is 11.5 Å². The van der Waals surface area contributed by atoms with Gasteiger partial charge in [-0.15, -0.1) is 16.8 Å². The molecule has 10 heteroatoms. The van der Waals surface area contributed by atoms with Crippen molar-refractivity contribution in [3.8, 4) is 11.5 Å². The number of hydrogen-bond acceptors (Lipinski definition) is 8. The standard InChI is InChI=1S/C28H30N6O3S/c1-5-15-34-26(18-29-24-12-8-10-20-9-6-7-11-23(20)24)31-33-28(34)38-19(2)27(35)32-30-17-21-13-14-22(36-3)16-25(21)37-4/h5-14,16-17,19,29H,1,15,18H2,2-4H3,(H,32,35)/b30-17-/t19-/m0/s1. The highest BCUT2D eigenvalue weighted by Gasteiger charge is 2.20. The number of carbonyl (C=O) groups is 1. The number of nitrogens with zero attached hydrogens (tertiary/aromatic N) is 4. The van der Waals surface area contributed by atoms with E-state index < -0.39 is 5.25 Å². The highest BCUT2D eigenvalue weighted by Crippen LogP contribution is 2.26. The molecule has 1 amide bonds. The molecule has 1 atom stereocenters. The number of amides is 1. The van der Waals surface area contributed by atoms with E-state index >= 15 is 0 Å². The van der Waals surface area contributed by atoms with Crippen LogP contribution in [0.1, 0.15) is 18.3 Å². The number of fused-ring (bicyclic) bond motifs is 1. The summed E-state index contributed by atoms with van der Waals surface area (Å²) in [5.74, 6) is 1.75. The van der Waals surface area contributed by atoms with E-state index in [0.29, 0.717) is 35.3 Å². The second-order valence-corrected chi connectivity index (χ2v) is 9.59. The fourth-order valence-corrected chi connectivity index (χ4v) is 4.67. The lowest BCUT2D eigenvalue weighted by atomic mass is 10.1. The average molecular weight is 531 g/mol. The maximum Gasteiger partial charge on any atom is 0.253 e. The van der Waals surface area contributed by atoms with Crippen LogP contribution in [0, 0.1) is 0 Å². The molecule has 38 heavy (non-hydrogen) atoms. The van der Waals surface area contributed by atoms with Gasteiger partial charge in [-0.2, -0.15) is 5.10 Å². The molecule has 1 aromatic heterocycles. The lowest BCUT2D eigenvalue weighted by Crippen LogP contribution is -2.27. The molecule has 0 spiro atoms. The zero-order valence-electron chi connectivity index (χ0n) is 21.5. The summed E-state index contributed by atoms with van der Waals surface area (Å²) in [6.07, 6.45) is 3.32. The fourth-order valence-electron chi connectivity index (χ4n) is 3.80. The second kappa shape index (κ2) is 12.8. The van der Waals surface area contributed by atoms with Crippen LogP contribution in [-0.2, 0) is 17.9 Å². The molecule has 196 valence electrons. The highest BCUT2D eigenvalue weighted by atomic mass is 32.2. The van der Waals surface area contributed by atoms with Crippen molar-refractivity contribution in [2.24, 2.45) is 5.10 Å². The number of methoxy groups -OCH3 is 2. The molecule has 0 aliphatic rings. The van der Waals surface area contributed by atoms with E-state index in [4.69, 9.17) is 9.47 Å². The molecule has 9 nitrogen and oxygen atoms in total. The second-order valence-electron chi connectivity index (χ2n) is 8.28. The Kier molecular flexibility index (Phi) is 8.99. The number of thioether (sulfide) groups is 1. The topological polar surface area (TPSA) is 103 Å². The first-order valence-electron chi connectivity index (χ1n) is 12.0. The van der Waals surface area contributed by atoms with Crippen molar-refractivity contribution in [3.05, 3.63) is 84.7 Å². The van der Waals surface area contributed by atoms with Gasteiger partial charge in [0, 0.05) is 29.2 Å². The van der Waals surface area contributed by atoms with Crippen molar-refractivity contribution in [3.63, 3.8) is 0 Å². The molecular weight excluding hydrogens is 500 g/mol. The zero-order valence-corrected chi connectivity index (χ0v) is 22.4. The summed E-state index contributed by atoms with van der Waals surface area (Å²) in [5, 5.41) is 18.7. The lowest BCUT2D eigenvalue weighted by molar-refractivity contribution is -0.120. The van der Waals surface area contributed by atoms with Gasteiger partial charge < -0.3 is 19.4 Å². The van der Waals surface area contributed by atoms with Crippen LogP contribution in [0.5, 0.6) is 11.5 Å². The predicted octanol–water partition coefficient (Wildman–Crippen LogP) is 4.88. The van der Waals surface area contributed by atoms with Gasteiger partial charge >= 0.3 is 0 Å². The molecule has 0 radical (unpaired) electrons. The van der Waals surface area contributed by atoms with Gasteiger partial charge in [-0.1, -0.05) is 54.2 Å². The van der Waals surface area contributed by atoms with Crippen LogP contribution in [-0.4, -0.2) is 46.4 Å². The molecule has 4 aromatic rings. The van der Waals surface area contributed by atoms with Crippen LogP contribution in [0.4, 0.5) is 5.69 Å². The number of nitrogens with one attached hydrogen (secondary N) is 2. The van der Waals surface area contributed by atoms with Crippen LogP contribution < -0.4 is 20.2 Å². The van der Waals surface area contributed by atoms with Gasteiger partial charge in [0.05, 0.1) is 32.2 Å². The monoisotopic (exact) mass is 530 g/mol. The van der Waals surface area contributed by atoms with E-state index in [1.165, 1.54) is 18.0 Å². The smallest absolute Gasteiger partial charge is 0.253 e. The normalized spacial score (nSPS) is 11.9. The SMILES string of the molecule is C=CCn1c(CNc2cccc3ccccc23)nnc1S[C@@H](C)C(=O)N/N=C\c1ccc(OC)cc1OC. The van der Waals surface area contributed by atoms with Gasteiger partial charge in [-0.05, 0) is 30.5 Å². The minimum Gasteiger partial charge on any atom is -0.497 e. The van der Waals surface area contributed by atoms with Crippen LogP contribution in [0.25, 0.3) is 10.8 Å². The number of rotatable bonds is 12. The molecule has 0 bridgehead atoms. The summed E-state index contributed by atoms with van der Waals surface area (Å²) < 4.78 is 12.5. The van der Waals surface area contributed by atoms with E-state index in [1.807, 2.05) is 28.8 Å².